The van der Waals surface area contributed by atoms with Crippen molar-refractivity contribution in [1.29, 1.82) is 0 Å². The van der Waals surface area contributed by atoms with Crippen LogP contribution in [0.15, 0.2) is 66.7 Å². The molecule has 0 spiro atoms. The first kappa shape index (κ1) is 24.3. The van der Waals surface area contributed by atoms with E-state index < -0.39 is 10.0 Å². The van der Waals surface area contributed by atoms with E-state index in [1.165, 1.54) is 10.6 Å². The number of hydrogen-bond donors (Lipinski definition) is 1. The van der Waals surface area contributed by atoms with Crippen molar-refractivity contribution in [3.05, 3.63) is 94.5 Å². The van der Waals surface area contributed by atoms with E-state index in [2.05, 4.69) is 5.32 Å². The van der Waals surface area contributed by atoms with Gasteiger partial charge in [0, 0.05) is 12.1 Å². The molecule has 7 heteroatoms. The quantitative estimate of drug-likeness (QED) is 0.512. The largest absolute Gasteiger partial charge is 0.497 e. The molecule has 0 bridgehead atoms. The number of ether oxygens (including phenoxy) is 1. The molecule has 0 aliphatic carbocycles. The van der Waals surface area contributed by atoms with Gasteiger partial charge in [-0.1, -0.05) is 36.4 Å². The Morgan fingerprint density at radius 2 is 1.58 bits per heavy atom. The third-order valence-corrected chi connectivity index (χ3v) is 6.56. The Morgan fingerprint density at radius 1 is 0.939 bits per heavy atom. The first-order valence-electron chi connectivity index (χ1n) is 10.7. The first-order valence-corrected chi connectivity index (χ1v) is 12.6. The van der Waals surface area contributed by atoms with E-state index in [-0.39, 0.29) is 12.5 Å². The summed E-state index contributed by atoms with van der Waals surface area (Å²) < 4.78 is 31.6. The first-order chi connectivity index (χ1) is 15.7. The van der Waals surface area contributed by atoms with Crippen LogP contribution < -0.4 is 14.4 Å². The van der Waals surface area contributed by atoms with Crippen LogP contribution in [0, 0.1) is 13.8 Å². The normalized spacial score (nSPS) is 11.2. The second-order valence-electron chi connectivity index (χ2n) is 8.11. The molecule has 0 saturated heterocycles. The lowest BCUT2D eigenvalue weighted by Crippen LogP contribution is -2.30. The molecule has 0 heterocycles. The van der Waals surface area contributed by atoms with Crippen LogP contribution in [0.1, 0.15) is 32.6 Å². The molecular formula is C26H30N2O4S. The minimum atomic E-state index is -3.48. The van der Waals surface area contributed by atoms with Crippen molar-refractivity contribution in [2.24, 2.45) is 0 Å². The maximum atomic E-state index is 12.5. The van der Waals surface area contributed by atoms with Crippen molar-refractivity contribution in [2.75, 3.05) is 24.2 Å². The third-order valence-electron chi connectivity index (χ3n) is 5.43. The van der Waals surface area contributed by atoms with Crippen LogP contribution in [0.3, 0.4) is 0 Å². The van der Waals surface area contributed by atoms with Gasteiger partial charge in [0.15, 0.2) is 0 Å². The maximum absolute atomic E-state index is 12.5. The highest BCUT2D eigenvalue weighted by Gasteiger charge is 2.20. The van der Waals surface area contributed by atoms with Crippen LogP contribution in [0.2, 0.25) is 0 Å². The lowest BCUT2D eigenvalue weighted by molar-refractivity contribution is 0.0954. The second-order valence-corrected chi connectivity index (χ2v) is 10.0. The van der Waals surface area contributed by atoms with Gasteiger partial charge in [0.25, 0.3) is 5.91 Å². The molecule has 0 aromatic heterocycles. The van der Waals surface area contributed by atoms with Gasteiger partial charge >= 0.3 is 0 Å². The molecule has 0 aliphatic heterocycles. The number of amides is 1. The van der Waals surface area contributed by atoms with Gasteiger partial charge in [-0.05, 0) is 72.9 Å². The fraction of sp³-hybridized carbons (Fsp3) is 0.269. The van der Waals surface area contributed by atoms with Crippen LogP contribution in [-0.2, 0) is 23.0 Å². The molecule has 3 aromatic carbocycles. The van der Waals surface area contributed by atoms with Gasteiger partial charge in [0.1, 0.15) is 5.75 Å². The average Bonchev–Trinajstić information content (AvgIpc) is 2.79. The van der Waals surface area contributed by atoms with Crippen LogP contribution in [0.5, 0.6) is 5.75 Å². The van der Waals surface area contributed by atoms with Gasteiger partial charge < -0.3 is 10.1 Å². The lowest BCUT2D eigenvalue weighted by Gasteiger charge is -2.25. The number of sulfonamides is 1. The van der Waals surface area contributed by atoms with Crippen molar-refractivity contribution in [3.63, 3.8) is 0 Å². The Labute approximate surface area is 196 Å². The predicted molar refractivity (Wildman–Crippen MR) is 132 cm³/mol. The van der Waals surface area contributed by atoms with Crippen molar-refractivity contribution in [3.8, 4) is 5.75 Å². The van der Waals surface area contributed by atoms with E-state index in [1.807, 2.05) is 56.3 Å². The smallest absolute Gasteiger partial charge is 0.251 e. The van der Waals surface area contributed by atoms with Gasteiger partial charge in [-0.25, -0.2) is 8.42 Å². The molecule has 3 aromatic rings. The Bertz CT molecular complexity index is 1200. The maximum Gasteiger partial charge on any atom is 0.251 e. The monoisotopic (exact) mass is 466 g/mol. The number of carbonyl (C=O) groups is 1. The topological polar surface area (TPSA) is 75.7 Å². The summed E-state index contributed by atoms with van der Waals surface area (Å²) in [7, 11) is -1.85. The predicted octanol–water partition coefficient (Wildman–Crippen LogP) is 4.25. The number of nitrogens with zero attached hydrogens (tertiary/aromatic N) is 1. The summed E-state index contributed by atoms with van der Waals surface area (Å²) in [4.78, 5) is 12.5. The van der Waals surface area contributed by atoms with E-state index in [4.69, 9.17) is 4.74 Å². The summed E-state index contributed by atoms with van der Waals surface area (Å²) in [6.07, 6.45) is 1.92. The Morgan fingerprint density at radius 3 is 2.18 bits per heavy atom. The number of carbonyl (C=O) groups excluding carboxylic acids is 1. The number of aryl methyl sites for hydroxylation is 2. The van der Waals surface area contributed by atoms with Crippen LogP contribution in [-0.4, -0.2) is 34.2 Å². The Kier molecular flexibility index (Phi) is 7.76. The zero-order chi connectivity index (χ0) is 24.0. The van der Waals surface area contributed by atoms with Crippen molar-refractivity contribution >= 4 is 21.6 Å². The van der Waals surface area contributed by atoms with Crippen molar-refractivity contribution in [1.82, 2.24) is 5.32 Å². The summed E-state index contributed by atoms with van der Waals surface area (Å²) in [6, 6.07) is 20.5. The highest BCUT2D eigenvalue weighted by Crippen LogP contribution is 2.26. The highest BCUT2D eigenvalue weighted by molar-refractivity contribution is 7.92. The van der Waals surface area contributed by atoms with E-state index in [1.54, 1.807) is 31.4 Å². The molecule has 0 atom stereocenters. The standard InChI is InChI=1S/C26H30N2O4S/c1-19-5-6-20(2)25(17-19)28(33(4,30)31)18-22-7-11-23(12-8-22)26(29)27-16-15-21-9-13-24(32-3)14-10-21/h5-14,17H,15-16,18H2,1-4H3,(H,27,29). The molecule has 0 unspecified atom stereocenters. The Balaban J connectivity index is 1.64. The fourth-order valence-electron chi connectivity index (χ4n) is 3.51. The number of anilines is 1. The summed E-state index contributed by atoms with van der Waals surface area (Å²) in [5.74, 6) is 0.638. The second kappa shape index (κ2) is 10.5. The van der Waals surface area contributed by atoms with Gasteiger partial charge in [0.05, 0.1) is 25.6 Å². The highest BCUT2D eigenvalue weighted by atomic mass is 32.2. The number of hydrogen-bond acceptors (Lipinski definition) is 4. The molecule has 0 aliphatic rings. The van der Waals surface area contributed by atoms with Crippen LogP contribution >= 0.6 is 0 Å². The molecule has 174 valence electrons. The Hall–Kier alpha value is -3.32. The van der Waals surface area contributed by atoms with Gasteiger partial charge in [-0.2, -0.15) is 0 Å². The minimum absolute atomic E-state index is 0.162. The van der Waals surface area contributed by atoms with Gasteiger partial charge in [0.2, 0.25) is 10.0 Å². The molecule has 1 amide bonds. The third kappa shape index (κ3) is 6.58. The van der Waals surface area contributed by atoms with E-state index >= 15 is 0 Å². The summed E-state index contributed by atoms with van der Waals surface area (Å²) in [5.41, 5.74) is 4.99. The lowest BCUT2D eigenvalue weighted by atomic mass is 10.1. The summed E-state index contributed by atoms with van der Waals surface area (Å²) in [6.45, 7) is 4.54. The molecule has 0 saturated carbocycles. The fourth-order valence-corrected chi connectivity index (χ4v) is 4.45. The molecule has 33 heavy (non-hydrogen) atoms. The van der Waals surface area contributed by atoms with Crippen molar-refractivity contribution in [2.45, 2.75) is 26.8 Å². The molecule has 0 radical (unpaired) electrons. The number of rotatable bonds is 9. The SMILES string of the molecule is COc1ccc(CCNC(=O)c2ccc(CN(c3cc(C)ccc3C)S(C)(=O)=O)cc2)cc1. The van der Waals surface area contributed by atoms with E-state index in [9.17, 15) is 13.2 Å². The average molecular weight is 467 g/mol. The number of benzene rings is 3. The molecular weight excluding hydrogens is 436 g/mol. The van der Waals surface area contributed by atoms with Gasteiger partial charge in [-0.15, -0.1) is 0 Å². The summed E-state index contributed by atoms with van der Waals surface area (Å²) >= 11 is 0. The molecule has 3 rings (SSSR count). The zero-order valence-corrected chi connectivity index (χ0v) is 20.3. The van der Waals surface area contributed by atoms with E-state index in [0.29, 0.717) is 24.2 Å². The zero-order valence-electron chi connectivity index (χ0n) is 19.5. The minimum Gasteiger partial charge on any atom is -0.497 e. The van der Waals surface area contributed by atoms with Crippen molar-refractivity contribution < 1.29 is 17.9 Å². The number of nitrogens with one attached hydrogen (secondary N) is 1. The summed E-state index contributed by atoms with van der Waals surface area (Å²) in [5, 5.41) is 2.92. The number of methoxy groups -OCH3 is 1. The van der Waals surface area contributed by atoms with Crippen LogP contribution in [0.25, 0.3) is 0 Å². The molecule has 1 N–H and O–H groups in total. The van der Waals surface area contributed by atoms with Crippen LogP contribution in [0.4, 0.5) is 5.69 Å². The van der Waals surface area contributed by atoms with E-state index in [0.717, 1.165) is 28.0 Å². The van der Waals surface area contributed by atoms with Gasteiger partial charge in [-0.3, -0.25) is 9.10 Å². The molecule has 6 nitrogen and oxygen atoms in total. The molecule has 0 fully saturated rings.